The van der Waals surface area contributed by atoms with Crippen LogP contribution in [0.1, 0.15) is 348 Å². The summed E-state index contributed by atoms with van der Waals surface area (Å²) in [5.74, 6) is -0.234. The van der Waals surface area contributed by atoms with E-state index in [4.69, 9.17) is 18.9 Å². The number of aliphatic hydroxyl groups is 8. The number of hydrogen-bond acceptors (Lipinski definition) is 13. The highest BCUT2D eigenvalue weighted by Crippen LogP contribution is 2.30. The summed E-state index contributed by atoms with van der Waals surface area (Å²) >= 11 is 0. The molecule has 0 aromatic rings. The van der Waals surface area contributed by atoms with Gasteiger partial charge < -0.3 is 65.1 Å². The van der Waals surface area contributed by atoms with Crippen LogP contribution in [-0.4, -0.2) is 140 Å². The molecule has 2 heterocycles. The molecule has 14 heteroatoms. The first-order valence-electron chi connectivity index (χ1n) is 37.6. The van der Waals surface area contributed by atoms with Gasteiger partial charge in [-0.25, -0.2) is 0 Å². The Morgan fingerprint density at radius 3 is 1.08 bits per heavy atom. The van der Waals surface area contributed by atoms with Crippen molar-refractivity contribution in [2.45, 2.75) is 421 Å². The van der Waals surface area contributed by atoms with E-state index in [1.54, 1.807) is 6.08 Å². The molecule has 0 aromatic heterocycles. The van der Waals surface area contributed by atoms with E-state index in [0.717, 1.165) is 38.5 Å². The average molecular weight is 1250 g/mol. The maximum Gasteiger partial charge on any atom is 0.220 e. The zero-order chi connectivity index (χ0) is 63.8. The first-order chi connectivity index (χ1) is 43.1. The zero-order valence-electron chi connectivity index (χ0n) is 56.7. The molecule has 2 saturated heterocycles. The Labute approximate surface area is 539 Å². The van der Waals surface area contributed by atoms with Crippen LogP contribution in [-0.2, 0) is 23.7 Å². The molecule has 88 heavy (non-hydrogen) atoms. The van der Waals surface area contributed by atoms with Gasteiger partial charge in [-0.1, -0.05) is 321 Å². The number of aliphatic hydroxyl groups excluding tert-OH is 8. The second-order valence-electron chi connectivity index (χ2n) is 26.8. The van der Waals surface area contributed by atoms with Crippen molar-refractivity contribution >= 4 is 5.91 Å². The number of nitrogens with one attached hydrogen (secondary N) is 1. The lowest BCUT2D eigenvalue weighted by atomic mass is 9.97. The maximum atomic E-state index is 13.3. The van der Waals surface area contributed by atoms with Gasteiger partial charge in [-0.15, -0.1) is 0 Å². The van der Waals surface area contributed by atoms with Crippen LogP contribution in [0.3, 0.4) is 0 Å². The summed E-state index contributed by atoms with van der Waals surface area (Å²) in [5, 5.41) is 87.6. The molecule has 12 unspecified atom stereocenters. The van der Waals surface area contributed by atoms with Gasteiger partial charge in [0.15, 0.2) is 12.6 Å². The molecule has 2 aliphatic rings. The molecule has 12 atom stereocenters. The number of hydrogen-bond donors (Lipinski definition) is 9. The molecule has 0 aromatic carbocycles. The smallest absolute Gasteiger partial charge is 0.220 e. The lowest BCUT2D eigenvalue weighted by Crippen LogP contribution is -2.65. The lowest BCUT2D eigenvalue weighted by molar-refractivity contribution is -0.359. The molecule has 0 bridgehead atoms. The third-order valence-corrected chi connectivity index (χ3v) is 18.6. The molecule has 14 nitrogen and oxygen atoms in total. The third-order valence-electron chi connectivity index (χ3n) is 18.6. The van der Waals surface area contributed by atoms with E-state index in [0.29, 0.717) is 6.42 Å². The summed E-state index contributed by atoms with van der Waals surface area (Å²) < 4.78 is 22.9. The van der Waals surface area contributed by atoms with Gasteiger partial charge in [0.05, 0.1) is 32.0 Å². The Bertz CT molecular complexity index is 1570. The van der Waals surface area contributed by atoms with Crippen molar-refractivity contribution in [2.24, 2.45) is 0 Å². The fourth-order valence-electron chi connectivity index (χ4n) is 12.6. The highest BCUT2D eigenvalue weighted by Gasteiger charge is 2.51. The van der Waals surface area contributed by atoms with Crippen LogP contribution in [0.4, 0.5) is 0 Å². The highest BCUT2D eigenvalue weighted by atomic mass is 16.7. The van der Waals surface area contributed by atoms with Gasteiger partial charge in [-0.2, -0.15) is 0 Å². The average Bonchev–Trinajstić information content (AvgIpc) is 1.78. The summed E-state index contributed by atoms with van der Waals surface area (Å²) in [7, 11) is 0. The van der Waals surface area contributed by atoms with Crippen LogP contribution in [0.15, 0.2) is 24.3 Å². The number of unbranched alkanes of at least 4 members (excludes halogenated alkanes) is 48. The van der Waals surface area contributed by atoms with E-state index >= 15 is 0 Å². The molecule has 9 N–H and O–H groups in total. The first-order valence-corrected chi connectivity index (χ1v) is 37.6. The minimum absolute atomic E-state index is 0.234. The molecule has 0 spiro atoms. The standard InChI is InChI=1S/C74H141NO13/c1-3-5-7-9-11-13-15-17-19-21-23-25-27-28-29-30-31-32-33-34-36-37-39-41-43-45-47-49-51-53-55-57-63(78)62(61-85-73-71(84)69(82)72(65(60-77)87-73)88-74-70(83)68(81)67(80)64(59-76)86-74)75-66(79)58-56-54-52-50-48-46-44-42-40-38-35-26-24-22-20-18-16-14-12-10-8-6-4-2/h22,24,55,57,62-65,67-74,76-78,80-84H,3-21,23,25-54,56,58-61H2,1-2H3,(H,75,79)/b24-22-,57-55+. The van der Waals surface area contributed by atoms with Crippen LogP contribution >= 0.6 is 0 Å². The predicted octanol–water partition coefficient (Wildman–Crippen LogP) is 15.9. The van der Waals surface area contributed by atoms with E-state index in [1.807, 2.05) is 6.08 Å². The quantitative estimate of drug-likeness (QED) is 0.0204. The van der Waals surface area contributed by atoms with Crippen LogP contribution in [0.5, 0.6) is 0 Å². The largest absolute Gasteiger partial charge is 0.394 e. The monoisotopic (exact) mass is 1250 g/mol. The SMILES string of the molecule is CCCCCCCCCC/C=C\CCCCCCCCCCCCCC(=O)NC(COC1OC(CO)C(OC2OC(CO)C(O)C(O)C2O)C(O)C1O)C(O)/C=C/CCCCCCCCCCCCCCCCCCCCCCCCCCCCCCC. The van der Waals surface area contributed by atoms with Crippen LogP contribution in [0.25, 0.3) is 0 Å². The van der Waals surface area contributed by atoms with Gasteiger partial charge in [0.25, 0.3) is 0 Å². The fourth-order valence-corrected chi connectivity index (χ4v) is 12.6. The van der Waals surface area contributed by atoms with Gasteiger partial charge in [0.1, 0.15) is 48.8 Å². The lowest BCUT2D eigenvalue weighted by Gasteiger charge is -2.46. The van der Waals surface area contributed by atoms with E-state index in [1.165, 1.54) is 283 Å². The predicted molar refractivity (Wildman–Crippen MR) is 360 cm³/mol. The summed E-state index contributed by atoms with van der Waals surface area (Å²) in [6, 6.07) is -0.915. The fraction of sp³-hybridized carbons (Fsp3) is 0.932. The van der Waals surface area contributed by atoms with Crippen molar-refractivity contribution in [2.75, 3.05) is 19.8 Å². The first kappa shape index (κ1) is 82.6. The van der Waals surface area contributed by atoms with Crippen molar-refractivity contribution < 1.29 is 64.6 Å². The maximum absolute atomic E-state index is 13.3. The van der Waals surface area contributed by atoms with Crippen molar-refractivity contribution in [3.63, 3.8) is 0 Å². The van der Waals surface area contributed by atoms with E-state index in [9.17, 15) is 45.6 Å². The van der Waals surface area contributed by atoms with Gasteiger partial charge in [-0.05, 0) is 44.9 Å². The van der Waals surface area contributed by atoms with Gasteiger partial charge in [0.2, 0.25) is 5.91 Å². The summed E-state index contributed by atoms with van der Waals surface area (Å²) in [4.78, 5) is 13.3. The Morgan fingerprint density at radius 1 is 0.398 bits per heavy atom. The van der Waals surface area contributed by atoms with Crippen molar-refractivity contribution in [1.82, 2.24) is 5.32 Å². The third kappa shape index (κ3) is 42.6. The van der Waals surface area contributed by atoms with E-state index < -0.39 is 86.8 Å². The number of carbonyl (C=O) groups excluding carboxylic acids is 1. The second-order valence-corrected chi connectivity index (χ2v) is 26.8. The molecule has 2 fully saturated rings. The summed E-state index contributed by atoms with van der Waals surface area (Å²) in [6.45, 7) is 2.86. The molecule has 520 valence electrons. The minimum Gasteiger partial charge on any atom is -0.394 e. The van der Waals surface area contributed by atoms with Crippen LogP contribution in [0, 0.1) is 0 Å². The molecular formula is C74H141NO13. The molecule has 1 amide bonds. The van der Waals surface area contributed by atoms with E-state index in [2.05, 4.69) is 31.3 Å². The van der Waals surface area contributed by atoms with Crippen LogP contribution < -0.4 is 5.32 Å². The summed E-state index contributed by atoms with van der Waals surface area (Å²) in [6.07, 6.45) is 58.2. The number of carbonyl (C=O) groups is 1. The van der Waals surface area contributed by atoms with Crippen molar-refractivity contribution in [3.8, 4) is 0 Å². The van der Waals surface area contributed by atoms with Crippen molar-refractivity contribution in [3.05, 3.63) is 24.3 Å². The molecular weight excluding hydrogens is 1110 g/mol. The molecule has 2 aliphatic heterocycles. The number of allylic oxidation sites excluding steroid dienone is 3. The van der Waals surface area contributed by atoms with Crippen LogP contribution in [0.2, 0.25) is 0 Å². The molecule has 2 rings (SSSR count). The number of amides is 1. The highest BCUT2D eigenvalue weighted by molar-refractivity contribution is 5.76. The molecule has 0 aliphatic carbocycles. The zero-order valence-corrected chi connectivity index (χ0v) is 56.7. The Kier molecular flexibility index (Phi) is 55.6. The Morgan fingerprint density at radius 2 is 0.716 bits per heavy atom. The normalized spacial score (nSPS) is 23.2. The Balaban J connectivity index is 1.65. The van der Waals surface area contributed by atoms with Gasteiger partial charge >= 0.3 is 0 Å². The second kappa shape index (κ2) is 59.2. The Hall–Kier alpha value is -1.53. The minimum atomic E-state index is -1.79. The van der Waals surface area contributed by atoms with Crippen molar-refractivity contribution in [1.29, 1.82) is 0 Å². The molecule has 0 radical (unpaired) electrons. The number of rotatable bonds is 63. The topological polar surface area (TPSA) is 228 Å². The summed E-state index contributed by atoms with van der Waals surface area (Å²) in [5.41, 5.74) is 0. The number of ether oxygens (including phenoxy) is 4. The van der Waals surface area contributed by atoms with Gasteiger partial charge in [0, 0.05) is 6.42 Å². The van der Waals surface area contributed by atoms with E-state index in [-0.39, 0.29) is 18.9 Å². The van der Waals surface area contributed by atoms with Gasteiger partial charge in [-0.3, -0.25) is 4.79 Å². The molecule has 0 saturated carbocycles.